The van der Waals surface area contributed by atoms with E-state index in [2.05, 4.69) is 14.8 Å². The van der Waals surface area contributed by atoms with Crippen molar-refractivity contribution in [1.29, 1.82) is 0 Å². The molecule has 0 saturated carbocycles. The molecule has 3 rings (SSSR count). The van der Waals surface area contributed by atoms with Crippen molar-refractivity contribution in [2.45, 2.75) is 11.4 Å². The minimum absolute atomic E-state index is 0.173. The van der Waals surface area contributed by atoms with E-state index < -0.39 is 56.0 Å². The largest absolute Gasteiger partial charge is 0.488 e. The molecule has 6 nitrogen and oxygen atoms in total. The molecule has 0 radical (unpaired) electrons. The van der Waals surface area contributed by atoms with Crippen LogP contribution in [0.2, 0.25) is 20.1 Å². The Kier molecular flexibility index (Phi) is 5.90. The van der Waals surface area contributed by atoms with E-state index in [9.17, 15) is 27.9 Å². The molecule has 0 aliphatic carbocycles. The Labute approximate surface area is 190 Å². The zero-order chi connectivity index (χ0) is 22.6. The van der Waals surface area contributed by atoms with E-state index in [1.165, 1.54) is 0 Å². The number of carbonyl (C=O) groups is 2. The third-order valence-electron chi connectivity index (χ3n) is 3.72. The number of carboxylic acid groups (broad SMARTS) is 1. The van der Waals surface area contributed by atoms with Gasteiger partial charge in [-0.25, -0.2) is 4.79 Å². The number of carboxylic acids is 1. The van der Waals surface area contributed by atoms with Gasteiger partial charge in [-0.1, -0.05) is 46.4 Å². The zero-order valence-electron chi connectivity index (χ0n) is 13.8. The highest BCUT2D eigenvalue weighted by atomic mass is 35.5. The highest BCUT2D eigenvalue weighted by Gasteiger charge is 2.63. The van der Waals surface area contributed by atoms with Crippen molar-refractivity contribution >= 4 is 75.6 Å². The van der Waals surface area contributed by atoms with E-state index in [0.717, 1.165) is 18.2 Å². The molecular weight excluding hydrogens is 520 g/mol. The molecule has 1 aliphatic rings. The zero-order valence-corrected chi connectivity index (χ0v) is 17.6. The van der Waals surface area contributed by atoms with E-state index in [1.807, 2.05) is 0 Å². The Hall–Kier alpha value is -1.78. The van der Waals surface area contributed by atoms with Gasteiger partial charge in [-0.2, -0.15) is 13.2 Å². The Balaban J connectivity index is 2.00. The molecule has 30 heavy (non-hydrogen) atoms. The monoisotopic (exact) mass is 523 g/mol. The van der Waals surface area contributed by atoms with Crippen LogP contribution in [0, 0.1) is 0 Å². The number of rotatable bonds is 3. The van der Waals surface area contributed by atoms with Crippen molar-refractivity contribution in [1.82, 2.24) is 0 Å². The standard InChI is InChI=1S/C16H5Cl5F3NO5/c17-9-7(8(14(27)28)10(18)12(20)11(9)19)13(26)25-4-1-2-5-6(3-4)30-16(23,24)15(21,22)29-5/h1-3H,(H,25,26)(H,27,28). The molecule has 1 amide bonds. The van der Waals surface area contributed by atoms with Gasteiger partial charge in [-0.05, 0) is 23.7 Å². The number of carbonyl (C=O) groups excluding carboxylic acids is 1. The smallest absolute Gasteiger partial charge is 0.478 e. The maximum Gasteiger partial charge on any atom is 0.488 e. The fourth-order valence-electron chi connectivity index (χ4n) is 2.38. The van der Waals surface area contributed by atoms with E-state index in [-0.39, 0.29) is 15.7 Å². The molecule has 0 saturated heterocycles. The average molecular weight is 525 g/mol. The molecule has 160 valence electrons. The van der Waals surface area contributed by atoms with Crippen molar-refractivity contribution in [2.24, 2.45) is 0 Å². The number of hydrogen-bond acceptors (Lipinski definition) is 4. The Bertz CT molecular complexity index is 1100. The summed E-state index contributed by atoms with van der Waals surface area (Å²) in [5.41, 5.74) is -1.54. The first kappa shape index (κ1) is 22.9. The lowest BCUT2D eigenvalue weighted by atomic mass is 10.1. The Morgan fingerprint density at radius 3 is 2.03 bits per heavy atom. The second kappa shape index (κ2) is 7.72. The van der Waals surface area contributed by atoms with Gasteiger partial charge >= 0.3 is 17.4 Å². The van der Waals surface area contributed by atoms with E-state index in [1.54, 1.807) is 0 Å². The van der Waals surface area contributed by atoms with E-state index >= 15 is 0 Å². The van der Waals surface area contributed by atoms with Crippen molar-refractivity contribution in [3.8, 4) is 11.5 Å². The number of halogens is 8. The van der Waals surface area contributed by atoms with Gasteiger partial charge < -0.3 is 19.9 Å². The normalized spacial score (nSPS) is 19.3. The molecule has 0 spiro atoms. The average Bonchev–Trinajstić information content (AvgIpc) is 2.63. The highest BCUT2D eigenvalue weighted by molar-refractivity contribution is 6.54. The number of ether oxygens (including phenoxy) is 2. The lowest BCUT2D eigenvalue weighted by molar-refractivity contribution is -0.303. The number of fused-ring (bicyclic) bond motifs is 1. The molecule has 2 aromatic carbocycles. The van der Waals surface area contributed by atoms with Gasteiger partial charge in [0, 0.05) is 11.8 Å². The van der Waals surface area contributed by atoms with Crippen LogP contribution in [0.1, 0.15) is 20.7 Å². The summed E-state index contributed by atoms with van der Waals surface area (Å²) in [6.45, 7) is 0. The number of anilines is 1. The van der Waals surface area contributed by atoms with Gasteiger partial charge in [0.1, 0.15) is 0 Å². The van der Waals surface area contributed by atoms with Gasteiger partial charge in [0.2, 0.25) is 0 Å². The van der Waals surface area contributed by atoms with Crippen molar-refractivity contribution in [3.63, 3.8) is 0 Å². The molecule has 2 aromatic rings. The maximum absolute atomic E-state index is 13.6. The van der Waals surface area contributed by atoms with Gasteiger partial charge in [-0.3, -0.25) is 4.79 Å². The number of nitrogens with one attached hydrogen (secondary N) is 1. The molecule has 1 heterocycles. The fraction of sp³-hybridized carbons (Fsp3) is 0.125. The summed E-state index contributed by atoms with van der Waals surface area (Å²) in [5, 5.41) is 5.85. The molecule has 0 bridgehead atoms. The second-order valence-corrected chi connectivity index (χ2v) is 7.66. The third kappa shape index (κ3) is 3.80. The summed E-state index contributed by atoms with van der Waals surface area (Å²) in [6.07, 6.45) is -4.54. The molecule has 1 aliphatic heterocycles. The van der Waals surface area contributed by atoms with Gasteiger partial charge in [0.25, 0.3) is 5.91 Å². The molecule has 1 atom stereocenters. The van der Waals surface area contributed by atoms with Crippen LogP contribution in [0.15, 0.2) is 18.2 Å². The lowest BCUT2D eigenvalue weighted by Gasteiger charge is -2.33. The Morgan fingerprint density at radius 2 is 1.47 bits per heavy atom. The lowest BCUT2D eigenvalue weighted by Crippen LogP contribution is -2.51. The molecular formula is C16H5Cl5F3NO5. The van der Waals surface area contributed by atoms with Crippen LogP contribution in [0.5, 0.6) is 11.5 Å². The highest BCUT2D eigenvalue weighted by Crippen LogP contribution is 2.49. The number of hydrogen-bond donors (Lipinski definition) is 2. The predicted octanol–water partition coefficient (Wildman–Crippen LogP) is 6.48. The fourth-order valence-corrected chi connectivity index (χ4v) is 3.53. The van der Waals surface area contributed by atoms with Gasteiger partial charge in [0.05, 0.1) is 31.2 Å². The quantitative estimate of drug-likeness (QED) is 0.272. The molecule has 14 heteroatoms. The maximum atomic E-state index is 13.6. The van der Waals surface area contributed by atoms with Gasteiger partial charge in [0.15, 0.2) is 11.5 Å². The minimum Gasteiger partial charge on any atom is -0.478 e. The van der Waals surface area contributed by atoms with Crippen LogP contribution in [0.25, 0.3) is 0 Å². The van der Waals surface area contributed by atoms with Crippen LogP contribution < -0.4 is 14.8 Å². The van der Waals surface area contributed by atoms with Crippen molar-refractivity contribution < 1.29 is 37.3 Å². The first-order chi connectivity index (χ1) is 13.8. The summed E-state index contributed by atoms with van der Waals surface area (Å²) >= 11 is 28.5. The summed E-state index contributed by atoms with van der Waals surface area (Å²) in [7, 11) is 0. The Morgan fingerprint density at radius 1 is 0.900 bits per heavy atom. The molecule has 0 fully saturated rings. The van der Waals surface area contributed by atoms with Crippen molar-refractivity contribution in [2.75, 3.05) is 5.32 Å². The number of benzene rings is 2. The minimum atomic E-state index is -4.54. The SMILES string of the molecule is O=C(O)c1c(Cl)c(Cl)c(Cl)c(Cl)c1C(=O)Nc1ccc2c(c1)OC(F)(F)C(F)(Cl)O2. The number of amides is 1. The number of alkyl halides is 4. The van der Waals surface area contributed by atoms with Crippen LogP contribution in [0.4, 0.5) is 18.9 Å². The predicted molar refractivity (Wildman–Crippen MR) is 104 cm³/mol. The van der Waals surface area contributed by atoms with Crippen LogP contribution in [-0.2, 0) is 0 Å². The van der Waals surface area contributed by atoms with Crippen molar-refractivity contribution in [3.05, 3.63) is 49.4 Å². The molecule has 2 N–H and O–H groups in total. The topological polar surface area (TPSA) is 84.9 Å². The van der Waals surface area contributed by atoms with Gasteiger partial charge in [-0.15, -0.1) is 0 Å². The summed E-state index contributed by atoms with van der Waals surface area (Å²) in [6, 6.07) is 2.96. The molecule has 0 aromatic heterocycles. The number of aromatic carboxylic acids is 1. The van der Waals surface area contributed by atoms with E-state index in [4.69, 9.17) is 58.0 Å². The summed E-state index contributed by atoms with van der Waals surface area (Å²) in [4.78, 5) is 24.2. The van der Waals surface area contributed by atoms with Crippen LogP contribution >= 0.6 is 58.0 Å². The van der Waals surface area contributed by atoms with E-state index in [0.29, 0.717) is 0 Å². The molecule has 1 unspecified atom stereocenters. The first-order valence-corrected chi connectivity index (χ1v) is 9.34. The third-order valence-corrected chi connectivity index (χ3v) is 5.82. The summed E-state index contributed by atoms with van der Waals surface area (Å²) in [5.74, 6) is -3.87. The first-order valence-electron chi connectivity index (χ1n) is 7.45. The second-order valence-electron chi connectivity index (χ2n) is 5.66. The summed E-state index contributed by atoms with van der Waals surface area (Å²) < 4.78 is 49.3. The van der Waals surface area contributed by atoms with Crippen LogP contribution in [0.3, 0.4) is 0 Å². The van der Waals surface area contributed by atoms with Crippen LogP contribution in [-0.4, -0.2) is 28.4 Å².